The van der Waals surface area contributed by atoms with Gasteiger partial charge in [0.05, 0.1) is 0 Å². The first-order chi connectivity index (χ1) is 9.33. The van der Waals surface area contributed by atoms with E-state index in [1.165, 1.54) is 37.9 Å². The molecule has 2 aliphatic rings. The number of nitrogens with zero attached hydrogens (tertiary/aromatic N) is 1. The van der Waals surface area contributed by atoms with E-state index in [0.717, 1.165) is 24.0 Å². The standard InChI is InChI=1S/C16H23NO2/c1-13-4-2-8-17(13)9-3-5-14-6-7-15-16(12-14)19-11-10-18-15/h6-7,12-13H,2-5,8-11H2,1H3. The van der Waals surface area contributed by atoms with E-state index in [0.29, 0.717) is 13.2 Å². The highest BCUT2D eigenvalue weighted by atomic mass is 16.6. The normalized spacial score (nSPS) is 22.7. The number of aryl methyl sites for hydroxylation is 1. The summed E-state index contributed by atoms with van der Waals surface area (Å²) in [6, 6.07) is 7.13. The lowest BCUT2D eigenvalue weighted by Gasteiger charge is -2.21. The van der Waals surface area contributed by atoms with Crippen molar-refractivity contribution in [3.63, 3.8) is 0 Å². The highest BCUT2D eigenvalue weighted by Gasteiger charge is 2.19. The summed E-state index contributed by atoms with van der Waals surface area (Å²) in [4.78, 5) is 2.61. The largest absolute Gasteiger partial charge is 0.486 e. The van der Waals surface area contributed by atoms with Crippen molar-refractivity contribution in [2.75, 3.05) is 26.3 Å². The third kappa shape index (κ3) is 3.03. The van der Waals surface area contributed by atoms with Gasteiger partial charge in [0, 0.05) is 6.04 Å². The molecule has 1 aromatic rings. The molecule has 0 bridgehead atoms. The van der Waals surface area contributed by atoms with E-state index in [2.05, 4.69) is 24.0 Å². The van der Waals surface area contributed by atoms with Crippen LogP contribution in [0.2, 0.25) is 0 Å². The van der Waals surface area contributed by atoms with Gasteiger partial charge in [-0.15, -0.1) is 0 Å². The van der Waals surface area contributed by atoms with E-state index >= 15 is 0 Å². The molecule has 0 saturated carbocycles. The van der Waals surface area contributed by atoms with E-state index in [1.807, 2.05) is 6.07 Å². The minimum atomic E-state index is 0.666. The van der Waals surface area contributed by atoms with Crippen molar-refractivity contribution in [2.24, 2.45) is 0 Å². The van der Waals surface area contributed by atoms with Gasteiger partial charge in [0.25, 0.3) is 0 Å². The molecule has 1 unspecified atom stereocenters. The number of fused-ring (bicyclic) bond motifs is 1. The van der Waals surface area contributed by atoms with Crippen LogP contribution in [0.1, 0.15) is 31.7 Å². The summed E-state index contributed by atoms with van der Waals surface area (Å²) in [7, 11) is 0. The topological polar surface area (TPSA) is 21.7 Å². The van der Waals surface area contributed by atoms with Gasteiger partial charge in [0.15, 0.2) is 11.5 Å². The molecule has 1 fully saturated rings. The van der Waals surface area contributed by atoms with Crippen LogP contribution in [-0.2, 0) is 6.42 Å². The molecule has 19 heavy (non-hydrogen) atoms. The minimum absolute atomic E-state index is 0.666. The number of likely N-dealkylation sites (tertiary alicyclic amines) is 1. The lowest BCUT2D eigenvalue weighted by Crippen LogP contribution is -2.28. The Labute approximate surface area is 115 Å². The highest BCUT2D eigenvalue weighted by molar-refractivity contribution is 5.43. The number of benzene rings is 1. The Hall–Kier alpha value is -1.22. The summed E-state index contributed by atoms with van der Waals surface area (Å²) in [6.07, 6.45) is 5.08. The smallest absolute Gasteiger partial charge is 0.161 e. The summed E-state index contributed by atoms with van der Waals surface area (Å²) in [5.41, 5.74) is 1.36. The summed E-state index contributed by atoms with van der Waals surface area (Å²) < 4.78 is 11.2. The average molecular weight is 261 g/mol. The van der Waals surface area contributed by atoms with Gasteiger partial charge in [-0.3, -0.25) is 0 Å². The Morgan fingerprint density at radius 3 is 2.84 bits per heavy atom. The Kier molecular flexibility index (Phi) is 3.92. The van der Waals surface area contributed by atoms with Gasteiger partial charge in [-0.1, -0.05) is 6.07 Å². The maximum absolute atomic E-state index is 5.63. The van der Waals surface area contributed by atoms with Crippen molar-refractivity contribution < 1.29 is 9.47 Å². The second kappa shape index (κ2) is 5.83. The zero-order valence-electron chi connectivity index (χ0n) is 11.7. The van der Waals surface area contributed by atoms with Crippen LogP contribution in [0.5, 0.6) is 11.5 Å². The van der Waals surface area contributed by atoms with Crippen molar-refractivity contribution in [2.45, 2.75) is 38.6 Å². The number of hydrogen-bond acceptors (Lipinski definition) is 3. The number of rotatable bonds is 4. The molecule has 0 N–H and O–H groups in total. The average Bonchev–Trinajstić information content (AvgIpc) is 2.84. The van der Waals surface area contributed by atoms with Gasteiger partial charge in [0.1, 0.15) is 13.2 Å². The minimum Gasteiger partial charge on any atom is -0.486 e. The first kappa shape index (κ1) is 12.8. The van der Waals surface area contributed by atoms with Crippen LogP contribution in [0.3, 0.4) is 0 Å². The predicted octanol–water partition coefficient (Wildman–Crippen LogP) is 2.87. The Morgan fingerprint density at radius 2 is 2.05 bits per heavy atom. The Morgan fingerprint density at radius 1 is 1.21 bits per heavy atom. The molecule has 104 valence electrons. The molecule has 3 rings (SSSR count). The van der Waals surface area contributed by atoms with Gasteiger partial charge in [-0.05, 0) is 63.4 Å². The van der Waals surface area contributed by atoms with Gasteiger partial charge < -0.3 is 14.4 Å². The molecule has 2 aliphatic heterocycles. The number of ether oxygens (including phenoxy) is 2. The molecule has 0 amide bonds. The first-order valence-electron chi connectivity index (χ1n) is 7.45. The SMILES string of the molecule is CC1CCCN1CCCc1ccc2c(c1)OCCO2. The maximum atomic E-state index is 5.63. The zero-order valence-corrected chi connectivity index (χ0v) is 11.7. The predicted molar refractivity (Wildman–Crippen MR) is 76.0 cm³/mol. The van der Waals surface area contributed by atoms with Gasteiger partial charge >= 0.3 is 0 Å². The van der Waals surface area contributed by atoms with Crippen molar-refractivity contribution >= 4 is 0 Å². The summed E-state index contributed by atoms with van der Waals surface area (Å²) in [5.74, 6) is 1.81. The molecular weight excluding hydrogens is 238 g/mol. The fraction of sp³-hybridized carbons (Fsp3) is 0.625. The van der Waals surface area contributed by atoms with E-state index in [4.69, 9.17) is 9.47 Å². The molecule has 0 radical (unpaired) electrons. The van der Waals surface area contributed by atoms with Crippen LogP contribution >= 0.6 is 0 Å². The summed E-state index contributed by atoms with van der Waals surface area (Å²) >= 11 is 0. The van der Waals surface area contributed by atoms with Crippen molar-refractivity contribution in [3.05, 3.63) is 23.8 Å². The quantitative estimate of drug-likeness (QED) is 0.832. The van der Waals surface area contributed by atoms with Crippen LogP contribution in [0.4, 0.5) is 0 Å². The molecule has 0 spiro atoms. The van der Waals surface area contributed by atoms with Gasteiger partial charge in [-0.25, -0.2) is 0 Å². The Bertz CT molecular complexity index is 433. The molecule has 1 aromatic carbocycles. The van der Waals surface area contributed by atoms with E-state index in [1.54, 1.807) is 0 Å². The van der Waals surface area contributed by atoms with Crippen LogP contribution in [-0.4, -0.2) is 37.2 Å². The molecule has 0 aromatic heterocycles. The van der Waals surface area contributed by atoms with Gasteiger partial charge in [-0.2, -0.15) is 0 Å². The van der Waals surface area contributed by atoms with Crippen LogP contribution < -0.4 is 9.47 Å². The third-order valence-corrected chi connectivity index (χ3v) is 4.21. The second-order valence-corrected chi connectivity index (χ2v) is 5.61. The fourth-order valence-corrected chi connectivity index (χ4v) is 3.05. The maximum Gasteiger partial charge on any atom is 0.161 e. The molecular formula is C16H23NO2. The summed E-state index contributed by atoms with van der Waals surface area (Å²) in [6.45, 7) is 6.18. The highest BCUT2D eigenvalue weighted by Crippen LogP contribution is 2.31. The fourth-order valence-electron chi connectivity index (χ4n) is 3.05. The van der Waals surface area contributed by atoms with E-state index in [-0.39, 0.29) is 0 Å². The molecule has 1 atom stereocenters. The van der Waals surface area contributed by atoms with Crippen molar-refractivity contribution in [1.29, 1.82) is 0 Å². The lowest BCUT2D eigenvalue weighted by molar-refractivity contribution is 0.171. The summed E-state index contributed by atoms with van der Waals surface area (Å²) in [5, 5.41) is 0. The zero-order chi connectivity index (χ0) is 13.1. The van der Waals surface area contributed by atoms with Crippen molar-refractivity contribution in [1.82, 2.24) is 4.90 Å². The third-order valence-electron chi connectivity index (χ3n) is 4.21. The molecule has 2 heterocycles. The Balaban J connectivity index is 1.52. The van der Waals surface area contributed by atoms with Crippen LogP contribution in [0.15, 0.2) is 18.2 Å². The lowest BCUT2D eigenvalue weighted by atomic mass is 10.1. The van der Waals surface area contributed by atoms with E-state index < -0.39 is 0 Å². The van der Waals surface area contributed by atoms with Crippen LogP contribution in [0.25, 0.3) is 0 Å². The molecule has 0 aliphatic carbocycles. The first-order valence-corrected chi connectivity index (χ1v) is 7.45. The van der Waals surface area contributed by atoms with Crippen LogP contribution in [0, 0.1) is 0 Å². The molecule has 3 heteroatoms. The second-order valence-electron chi connectivity index (χ2n) is 5.61. The monoisotopic (exact) mass is 261 g/mol. The number of hydrogen-bond donors (Lipinski definition) is 0. The van der Waals surface area contributed by atoms with Crippen molar-refractivity contribution in [3.8, 4) is 11.5 Å². The molecule has 1 saturated heterocycles. The van der Waals surface area contributed by atoms with E-state index in [9.17, 15) is 0 Å². The van der Waals surface area contributed by atoms with Gasteiger partial charge in [0.2, 0.25) is 0 Å². The molecule has 3 nitrogen and oxygen atoms in total.